The monoisotopic (exact) mass is 327 g/mol. The molecule has 0 saturated carbocycles. The van der Waals surface area contributed by atoms with E-state index in [1.807, 2.05) is 17.0 Å². The molecule has 2 aromatic carbocycles. The molecule has 0 fully saturated rings. The van der Waals surface area contributed by atoms with Crippen LogP contribution in [0.3, 0.4) is 0 Å². The number of para-hydroxylation sites is 1. The van der Waals surface area contributed by atoms with Crippen molar-refractivity contribution in [2.24, 2.45) is 0 Å². The Balaban J connectivity index is 2.12. The molecule has 0 aromatic heterocycles. The van der Waals surface area contributed by atoms with E-state index in [1.165, 1.54) is 12.1 Å². The van der Waals surface area contributed by atoms with Crippen LogP contribution in [0.4, 0.5) is 10.1 Å². The highest BCUT2D eigenvalue weighted by molar-refractivity contribution is 6.02. The molecule has 3 rings (SSSR count). The second-order valence-corrected chi connectivity index (χ2v) is 5.66. The molecule has 6 heteroatoms. The van der Waals surface area contributed by atoms with Gasteiger partial charge in [-0.1, -0.05) is 24.3 Å². The molecule has 1 aliphatic heterocycles. The zero-order valence-electron chi connectivity index (χ0n) is 13.5. The summed E-state index contributed by atoms with van der Waals surface area (Å²) in [6.07, 6.45) is -0.481. The quantitative estimate of drug-likeness (QED) is 0.940. The average Bonchev–Trinajstić information content (AvgIpc) is 2.60. The van der Waals surface area contributed by atoms with E-state index in [9.17, 15) is 14.0 Å². The Labute approximate surface area is 139 Å². The molecule has 5 nitrogen and oxygen atoms in total. The summed E-state index contributed by atoms with van der Waals surface area (Å²) >= 11 is 0. The molecule has 0 saturated heterocycles. The molecule has 0 aliphatic carbocycles. The molecule has 2 aromatic rings. The van der Waals surface area contributed by atoms with Crippen molar-refractivity contribution in [2.75, 3.05) is 25.5 Å². The maximum absolute atomic E-state index is 13.3. The van der Waals surface area contributed by atoms with Crippen LogP contribution in [-0.2, 0) is 4.79 Å². The molecule has 0 bridgehead atoms. The number of hydrogen-bond acceptors (Lipinski definition) is 3. The Morgan fingerprint density at radius 3 is 2.50 bits per heavy atom. The number of anilines is 1. The lowest BCUT2D eigenvalue weighted by Crippen LogP contribution is -2.50. The molecule has 1 atom stereocenters. The number of likely N-dealkylation sites (N-methyl/N-ethyl adjacent to an activating group) is 1. The summed E-state index contributed by atoms with van der Waals surface area (Å²) in [4.78, 5) is 28.1. The summed E-state index contributed by atoms with van der Waals surface area (Å²) in [7, 11) is 3.25. The number of halogens is 1. The number of fused-ring (bicyclic) bond motifs is 1. The van der Waals surface area contributed by atoms with Crippen LogP contribution in [0, 0.1) is 5.82 Å². The van der Waals surface area contributed by atoms with Crippen LogP contribution in [-0.4, -0.2) is 37.4 Å². The van der Waals surface area contributed by atoms with Crippen LogP contribution in [0.2, 0.25) is 0 Å². The minimum Gasteiger partial charge on any atom is -0.358 e. The largest absolute Gasteiger partial charge is 0.358 e. The van der Waals surface area contributed by atoms with Gasteiger partial charge in [0.25, 0.3) is 5.91 Å². The van der Waals surface area contributed by atoms with Crippen molar-refractivity contribution in [3.8, 4) is 0 Å². The summed E-state index contributed by atoms with van der Waals surface area (Å²) < 4.78 is 13.3. The van der Waals surface area contributed by atoms with Crippen LogP contribution in [0.25, 0.3) is 0 Å². The molecule has 1 aliphatic rings. The summed E-state index contributed by atoms with van der Waals surface area (Å²) in [5.74, 6) is -0.644. The van der Waals surface area contributed by atoms with Gasteiger partial charge in [0.15, 0.2) is 0 Å². The zero-order valence-corrected chi connectivity index (χ0v) is 13.5. The fourth-order valence-electron chi connectivity index (χ4n) is 2.99. The van der Waals surface area contributed by atoms with E-state index in [0.717, 1.165) is 5.56 Å². The Bertz CT molecular complexity index is 776. The van der Waals surface area contributed by atoms with E-state index in [2.05, 4.69) is 5.32 Å². The van der Waals surface area contributed by atoms with Gasteiger partial charge in [0.05, 0.1) is 17.8 Å². The van der Waals surface area contributed by atoms with Gasteiger partial charge in [-0.25, -0.2) is 4.39 Å². The highest BCUT2D eigenvalue weighted by atomic mass is 19.1. The standard InChI is InChI=1S/C18H18FN3O2/c1-20-16(23)11-22-15-6-4-3-5-14(15)18(24)21(2)17(22)12-7-9-13(19)10-8-12/h3-10,17H,11H2,1-2H3,(H,20,23)/t17-/m0/s1. The van der Waals surface area contributed by atoms with Crippen molar-refractivity contribution in [2.45, 2.75) is 6.17 Å². The number of hydrogen-bond donors (Lipinski definition) is 1. The molecule has 1 N–H and O–H groups in total. The Morgan fingerprint density at radius 1 is 1.17 bits per heavy atom. The lowest BCUT2D eigenvalue weighted by molar-refractivity contribution is -0.119. The van der Waals surface area contributed by atoms with Crippen LogP contribution >= 0.6 is 0 Å². The zero-order chi connectivity index (χ0) is 17.3. The molecular formula is C18H18FN3O2. The minimum absolute atomic E-state index is 0.0905. The lowest BCUT2D eigenvalue weighted by Gasteiger charge is -2.43. The summed E-state index contributed by atoms with van der Waals surface area (Å²) in [5.41, 5.74) is 1.98. The van der Waals surface area contributed by atoms with E-state index in [1.54, 1.807) is 43.3 Å². The van der Waals surface area contributed by atoms with Crippen molar-refractivity contribution in [3.63, 3.8) is 0 Å². The predicted molar refractivity (Wildman–Crippen MR) is 89.1 cm³/mol. The topological polar surface area (TPSA) is 52.7 Å². The SMILES string of the molecule is CNC(=O)CN1c2ccccc2C(=O)N(C)[C@@H]1c1ccc(F)cc1. The van der Waals surface area contributed by atoms with Crippen molar-refractivity contribution in [3.05, 3.63) is 65.5 Å². The number of nitrogens with zero attached hydrogens (tertiary/aromatic N) is 2. The number of nitrogens with one attached hydrogen (secondary N) is 1. The highest BCUT2D eigenvalue weighted by Crippen LogP contribution is 2.37. The molecule has 0 unspecified atom stereocenters. The van der Waals surface area contributed by atoms with Crippen LogP contribution in [0.1, 0.15) is 22.1 Å². The molecule has 0 radical (unpaired) electrons. The maximum Gasteiger partial charge on any atom is 0.257 e. The van der Waals surface area contributed by atoms with Crippen molar-refractivity contribution in [1.29, 1.82) is 0 Å². The van der Waals surface area contributed by atoms with Gasteiger partial charge in [0.2, 0.25) is 5.91 Å². The van der Waals surface area contributed by atoms with Crippen LogP contribution < -0.4 is 10.2 Å². The van der Waals surface area contributed by atoms with Gasteiger partial charge in [0, 0.05) is 14.1 Å². The smallest absolute Gasteiger partial charge is 0.257 e. The third-order valence-electron chi connectivity index (χ3n) is 4.19. The van der Waals surface area contributed by atoms with E-state index in [-0.39, 0.29) is 24.2 Å². The summed E-state index contributed by atoms with van der Waals surface area (Å²) in [6.45, 7) is 0.0905. The van der Waals surface area contributed by atoms with E-state index in [0.29, 0.717) is 11.3 Å². The fourth-order valence-corrected chi connectivity index (χ4v) is 2.99. The molecule has 2 amide bonds. The Kier molecular flexibility index (Phi) is 4.20. The molecule has 1 heterocycles. The van der Waals surface area contributed by atoms with Gasteiger partial charge in [-0.2, -0.15) is 0 Å². The number of amides is 2. The maximum atomic E-state index is 13.3. The molecular weight excluding hydrogens is 309 g/mol. The van der Waals surface area contributed by atoms with Gasteiger partial charge < -0.3 is 15.1 Å². The fraction of sp³-hybridized carbons (Fsp3) is 0.222. The van der Waals surface area contributed by atoms with Crippen LogP contribution in [0.15, 0.2) is 48.5 Å². The first kappa shape index (κ1) is 16.0. The van der Waals surface area contributed by atoms with E-state index < -0.39 is 6.17 Å². The molecule has 24 heavy (non-hydrogen) atoms. The number of carbonyl (C=O) groups excluding carboxylic acids is 2. The van der Waals surface area contributed by atoms with Gasteiger partial charge in [-0.05, 0) is 29.8 Å². The third-order valence-corrected chi connectivity index (χ3v) is 4.19. The van der Waals surface area contributed by atoms with E-state index in [4.69, 9.17) is 0 Å². The van der Waals surface area contributed by atoms with Crippen molar-refractivity contribution in [1.82, 2.24) is 10.2 Å². The second-order valence-electron chi connectivity index (χ2n) is 5.66. The third kappa shape index (κ3) is 2.71. The molecule has 124 valence electrons. The first-order chi connectivity index (χ1) is 11.5. The van der Waals surface area contributed by atoms with E-state index >= 15 is 0 Å². The minimum atomic E-state index is -0.481. The molecule has 0 spiro atoms. The highest BCUT2D eigenvalue weighted by Gasteiger charge is 2.36. The first-order valence-corrected chi connectivity index (χ1v) is 7.62. The summed E-state index contributed by atoms with van der Waals surface area (Å²) in [6, 6.07) is 13.2. The lowest BCUT2D eigenvalue weighted by atomic mass is 10.0. The average molecular weight is 327 g/mol. The van der Waals surface area contributed by atoms with Gasteiger partial charge in [-0.15, -0.1) is 0 Å². The number of carbonyl (C=O) groups is 2. The predicted octanol–water partition coefficient (Wildman–Crippen LogP) is 2.16. The van der Waals surface area contributed by atoms with Crippen molar-refractivity contribution >= 4 is 17.5 Å². The summed E-state index contributed by atoms with van der Waals surface area (Å²) in [5, 5.41) is 2.61. The second kappa shape index (κ2) is 6.31. The van der Waals surface area contributed by atoms with Gasteiger partial charge >= 0.3 is 0 Å². The normalized spacial score (nSPS) is 16.8. The Hall–Kier alpha value is -2.89. The number of benzene rings is 2. The van der Waals surface area contributed by atoms with Gasteiger partial charge in [-0.3, -0.25) is 9.59 Å². The Morgan fingerprint density at radius 2 is 1.83 bits per heavy atom. The van der Waals surface area contributed by atoms with Gasteiger partial charge in [0.1, 0.15) is 12.0 Å². The van der Waals surface area contributed by atoms with Crippen LogP contribution in [0.5, 0.6) is 0 Å². The van der Waals surface area contributed by atoms with Crippen molar-refractivity contribution < 1.29 is 14.0 Å². The number of rotatable bonds is 3. The first-order valence-electron chi connectivity index (χ1n) is 7.62.